The van der Waals surface area contributed by atoms with Gasteiger partial charge in [-0.15, -0.1) is 11.3 Å². The molecule has 1 aliphatic carbocycles. The van der Waals surface area contributed by atoms with E-state index in [0.717, 1.165) is 58.3 Å². The van der Waals surface area contributed by atoms with E-state index in [0.29, 0.717) is 18.3 Å². The van der Waals surface area contributed by atoms with Crippen LogP contribution in [0.1, 0.15) is 56.2 Å². The van der Waals surface area contributed by atoms with Crippen LogP contribution >= 0.6 is 11.3 Å². The number of carbonyl (C=O) groups excluding carboxylic acids is 1. The zero-order chi connectivity index (χ0) is 17.6. The molecule has 2 aliphatic rings. The maximum absolute atomic E-state index is 12.1. The number of amides is 1. The van der Waals surface area contributed by atoms with Gasteiger partial charge in [0.1, 0.15) is 0 Å². The van der Waals surface area contributed by atoms with Crippen LogP contribution in [0.15, 0.2) is 5.38 Å². The molecule has 1 aliphatic heterocycles. The molecule has 1 saturated heterocycles. The smallest absolute Gasteiger partial charge is 0.220 e. The van der Waals surface area contributed by atoms with Crippen LogP contribution in [0.4, 0.5) is 0 Å². The third-order valence-corrected chi connectivity index (χ3v) is 6.79. The van der Waals surface area contributed by atoms with Gasteiger partial charge in [0.15, 0.2) is 0 Å². The summed E-state index contributed by atoms with van der Waals surface area (Å²) in [7, 11) is 0. The van der Waals surface area contributed by atoms with Crippen LogP contribution in [-0.4, -0.2) is 41.5 Å². The Hall–Kier alpha value is -0.980. The molecule has 2 atom stereocenters. The highest BCUT2D eigenvalue weighted by atomic mass is 32.1. The van der Waals surface area contributed by atoms with Crippen molar-refractivity contribution in [3.05, 3.63) is 16.1 Å². The van der Waals surface area contributed by atoms with Crippen LogP contribution in [-0.2, 0) is 17.8 Å². The standard InChI is InChI=1S/C19H32N4OS/c1-2-19-22-16(13-25-19)12-23-8-6-14(7-9-23)11-21-18(24)10-15-4-3-5-17(15)20/h13-15,17H,2-12,20H2,1H3,(H,21,24)/t15-,17+/m0/s1. The number of carbonyl (C=O) groups is 1. The molecule has 1 aromatic rings. The van der Waals surface area contributed by atoms with Gasteiger partial charge < -0.3 is 11.1 Å². The van der Waals surface area contributed by atoms with Crippen LogP contribution in [0, 0.1) is 11.8 Å². The third-order valence-electron chi connectivity index (χ3n) is 5.75. The minimum atomic E-state index is 0.194. The van der Waals surface area contributed by atoms with E-state index < -0.39 is 0 Å². The lowest BCUT2D eigenvalue weighted by Gasteiger charge is -2.31. The van der Waals surface area contributed by atoms with Gasteiger partial charge in [0.25, 0.3) is 0 Å². The molecule has 6 heteroatoms. The predicted molar refractivity (Wildman–Crippen MR) is 102 cm³/mol. The molecule has 5 nitrogen and oxygen atoms in total. The number of rotatable bonds is 7. The predicted octanol–water partition coefficient (Wildman–Crippen LogP) is 2.55. The lowest BCUT2D eigenvalue weighted by atomic mass is 9.96. The van der Waals surface area contributed by atoms with Crippen molar-refractivity contribution >= 4 is 17.2 Å². The Bertz CT molecular complexity index is 553. The molecule has 1 amide bonds. The molecule has 0 bridgehead atoms. The Balaban J connectivity index is 1.32. The van der Waals surface area contributed by atoms with E-state index in [-0.39, 0.29) is 11.9 Å². The van der Waals surface area contributed by atoms with Gasteiger partial charge >= 0.3 is 0 Å². The van der Waals surface area contributed by atoms with Crippen molar-refractivity contribution < 1.29 is 4.79 Å². The van der Waals surface area contributed by atoms with E-state index >= 15 is 0 Å². The minimum Gasteiger partial charge on any atom is -0.356 e. The fourth-order valence-electron chi connectivity index (χ4n) is 4.05. The summed E-state index contributed by atoms with van der Waals surface area (Å²) in [5.74, 6) is 1.20. The van der Waals surface area contributed by atoms with E-state index in [1.807, 2.05) is 0 Å². The van der Waals surface area contributed by atoms with Crippen LogP contribution in [0.25, 0.3) is 0 Å². The summed E-state index contributed by atoms with van der Waals surface area (Å²) in [6.07, 6.45) is 7.33. The monoisotopic (exact) mass is 364 g/mol. The van der Waals surface area contributed by atoms with Crippen molar-refractivity contribution in [3.63, 3.8) is 0 Å². The highest BCUT2D eigenvalue weighted by Crippen LogP contribution is 2.26. The van der Waals surface area contributed by atoms with Crippen molar-refractivity contribution in [1.29, 1.82) is 0 Å². The summed E-state index contributed by atoms with van der Waals surface area (Å²) in [6.45, 7) is 6.16. The number of thiazole rings is 1. The first-order chi connectivity index (χ1) is 12.1. The molecule has 3 rings (SSSR count). The van der Waals surface area contributed by atoms with Crippen LogP contribution in [0.5, 0.6) is 0 Å². The van der Waals surface area contributed by atoms with Gasteiger partial charge in [-0.05, 0) is 57.0 Å². The normalized spacial score (nSPS) is 25.4. The Morgan fingerprint density at radius 2 is 2.16 bits per heavy atom. The zero-order valence-corrected chi connectivity index (χ0v) is 16.2. The molecule has 1 saturated carbocycles. The summed E-state index contributed by atoms with van der Waals surface area (Å²) in [5.41, 5.74) is 7.27. The van der Waals surface area contributed by atoms with Crippen molar-refractivity contribution in [3.8, 4) is 0 Å². The Kier molecular flexibility index (Phi) is 6.84. The number of aryl methyl sites for hydroxylation is 1. The Labute approximate surface area is 155 Å². The zero-order valence-electron chi connectivity index (χ0n) is 15.4. The SMILES string of the molecule is CCc1nc(CN2CCC(CNC(=O)C[C@@H]3CCC[C@H]3N)CC2)cs1. The van der Waals surface area contributed by atoms with Crippen molar-refractivity contribution in [2.45, 2.75) is 64.5 Å². The molecule has 3 N–H and O–H groups in total. The molecule has 2 fully saturated rings. The molecule has 2 heterocycles. The lowest BCUT2D eigenvalue weighted by molar-refractivity contribution is -0.122. The minimum absolute atomic E-state index is 0.194. The van der Waals surface area contributed by atoms with Crippen LogP contribution in [0.2, 0.25) is 0 Å². The number of hydrogen-bond donors (Lipinski definition) is 2. The molecule has 0 unspecified atom stereocenters. The summed E-state index contributed by atoms with van der Waals surface area (Å²) < 4.78 is 0. The number of piperidine rings is 1. The van der Waals surface area contributed by atoms with E-state index in [1.54, 1.807) is 11.3 Å². The molecule has 0 spiro atoms. The maximum Gasteiger partial charge on any atom is 0.220 e. The largest absolute Gasteiger partial charge is 0.356 e. The fourth-order valence-corrected chi connectivity index (χ4v) is 4.79. The second-order valence-electron chi connectivity index (χ2n) is 7.67. The number of aromatic nitrogens is 1. The van der Waals surface area contributed by atoms with Gasteiger partial charge in [0.2, 0.25) is 5.91 Å². The summed E-state index contributed by atoms with van der Waals surface area (Å²) in [6, 6.07) is 0.230. The molecule has 25 heavy (non-hydrogen) atoms. The first-order valence-corrected chi connectivity index (χ1v) is 10.7. The van der Waals surface area contributed by atoms with Crippen LogP contribution in [0.3, 0.4) is 0 Å². The van der Waals surface area contributed by atoms with E-state index in [9.17, 15) is 4.79 Å². The molecule has 1 aromatic heterocycles. The summed E-state index contributed by atoms with van der Waals surface area (Å²) in [4.78, 5) is 19.3. The van der Waals surface area contributed by atoms with Gasteiger partial charge in [-0.2, -0.15) is 0 Å². The number of nitrogens with zero attached hydrogens (tertiary/aromatic N) is 2. The first kappa shape index (κ1) is 18.8. The lowest BCUT2D eigenvalue weighted by Crippen LogP contribution is -2.39. The maximum atomic E-state index is 12.1. The van der Waals surface area contributed by atoms with E-state index in [1.165, 1.54) is 17.1 Å². The molecule has 140 valence electrons. The molecular formula is C19H32N4OS. The van der Waals surface area contributed by atoms with Crippen LogP contribution < -0.4 is 11.1 Å². The average Bonchev–Trinajstić information content (AvgIpc) is 3.23. The summed E-state index contributed by atoms with van der Waals surface area (Å²) in [5, 5.41) is 6.58. The van der Waals surface area contributed by atoms with Gasteiger partial charge in [-0.1, -0.05) is 13.3 Å². The number of nitrogens with two attached hydrogens (primary N) is 1. The second kappa shape index (κ2) is 9.10. The number of nitrogens with one attached hydrogen (secondary N) is 1. The van der Waals surface area contributed by atoms with Gasteiger partial charge in [-0.3, -0.25) is 9.69 Å². The quantitative estimate of drug-likeness (QED) is 0.780. The molecule has 0 aromatic carbocycles. The van der Waals surface area contributed by atoms with Crippen molar-refractivity contribution in [1.82, 2.24) is 15.2 Å². The fraction of sp³-hybridized carbons (Fsp3) is 0.789. The Morgan fingerprint density at radius 1 is 1.36 bits per heavy atom. The highest BCUT2D eigenvalue weighted by Gasteiger charge is 2.26. The van der Waals surface area contributed by atoms with E-state index in [4.69, 9.17) is 5.73 Å². The molecular weight excluding hydrogens is 332 g/mol. The summed E-state index contributed by atoms with van der Waals surface area (Å²) >= 11 is 1.77. The first-order valence-electron chi connectivity index (χ1n) is 9.82. The van der Waals surface area contributed by atoms with Gasteiger partial charge in [-0.25, -0.2) is 4.98 Å². The van der Waals surface area contributed by atoms with E-state index in [2.05, 4.69) is 27.5 Å². The van der Waals surface area contributed by atoms with Gasteiger partial charge in [0.05, 0.1) is 10.7 Å². The second-order valence-corrected chi connectivity index (χ2v) is 8.61. The van der Waals surface area contributed by atoms with Crippen molar-refractivity contribution in [2.24, 2.45) is 17.6 Å². The number of hydrogen-bond acceptors (Lipinski definition) is 5. The third kappa shape index (κ3) is 5.50. The molecule has 0 radical (unpaired) electrons. The van der Waals surface area contributed by atoms with Gasteiger partial charge in [0, 0.05) is 30.9 Å². The average molecular weight is 365 g/mol. The van der Waals surface area contributed by atoms with Crippen molar-refractivity contribution in [2.75, 3.05) is 19.6 Å². The topological polar surface area (TPSA) is 71.2 Å². The number of likely N-dealkylation sites (tertiary alicyclic amines) is 1. The Morgan fingerprint density at radius 3 is 2.80 bits per heavy atom. The highest BCUT2D eigenvalue weighted by molar-refractivity contribution is 7.09.